The van der Waals surface area contributed by atoms with E-state index in [1.807, 2.05) is 0 Å². The number of ether oxygens (including phenoxy) is 1. The minimum atomic E-state index is -0.920. The zero-order chi connectivity index (χ0) is 29.3. The van der Waals surface area contributed by atoms with Gasteiger partial charge in [-0.25, -0.2) is 47.0 Å². The van der Waals surface area contributed by atoms with Crippen molar-refractivity contribution >= 4 is 11.6 Å². The van der Waals surface area contributed by atoms with E-state index in [0.717, 1.165) is 9.13 Å². The van der Waals surface area contributed by atoms with Crippen molar-refractivity contribution in [1.29, 1.82) is 0 Å². The number of phenols is 1. The van der Waals surface area contributed by atoms with Crippen LogP contribution in [-0.2, 0) is 13.1 Å². The molecule has 3 aromatic carbocycles. The summed E-state index contributed by atoms with van der Waals surface area (Å²) in [6.45, 7) is -0.0328. The third kappa shape index (κ3) is 3.54. The Morgan fingerprint density at radius 2 is 1.36 bits per heavy atom. The van der Waals surface area contributed by atoms with Gasteiger partial charge in [-0.2, -0.15) is 0 Å². The van der Waals surface area contributed by atoms with Crippen LogP contribution in [0.4, 0.5) is 0 Å². The molecule has 12 nitrogen and oxygen atoms in total. The smallest absolute Gasteiger partial charge is 0.352 e. The number of allylic oxidation sites excluding steroid dienone is 2. The molecule has 4 heterocycles. The van der Waals surface area contributed by atoms with Gasteiger partial charge in [-0.15, -0.1) is 0 Å². The molecule has 0 radical (unpaired) electrons. The molecule has 0 amide bonds. The minimum absolute atomic E-state index is 0.0170. The molecule has 2 aliphatic rings. The van der Waals surface area contributed by atoms with Crippen LogP contribution in [0.3, 0.4) is 0 Å². The van der Waals surface area contributed by atoms with Crippen LogP contribution in [0.1, 0.15) is 17.6 Å². The second-order valence-electron chi connectivity index (χ2n) is 10.0. The number of halogens is 1. The van der Waals surface area contributed by atoms with Crippen LogP contribution in [0.15, 0.2) is 104 Å². The van der Waals surface area contributed by atoms with Crippen molar-refractivity contribution in [3.8, 4) is 22.9 Å². The van der Waals surface area contributed by atoms with Crippen LogP contribution in [0, 0.1) is 0 Å². The van der Waals surface area contributed by atoms with Gasteiger partial charge in [0.1, 0.15) is 6.04 Å². The second kappa shape index (κ2) is 9.42. The van der Waals surface area contributed by atoms with Crippen LogP contribution < -0.4 is 27.5 Å². The van der Waals surface area contributed by atoms with Gasteiger partial charge >= 0.3 is 22.8 Å². The molecule has 2 atom stereocenters. The fraction of sp³-hybridized carbons (Fsp3) is 0.172. The number of hydrogen-bond donors (Lipinski definition) is 1. The molecule has 0 saturated carbocycles. The molecule has 212 valence electrons. The fourth-order valence-corrected chi connectivity index (χ4v) is 6.18. The zero-order valence-corrected chi connectivity index (χ0v) is 22.9. The fourth-order valence-electron chi connectivity index (χ4n) is 5.96. The lowest BCUT2D eigenvalue weighted by Gasteiger charge is -2.37. The average Bonchev–Trinajstić information content (AvgIpc) is 3.41. The molecule has 2 unspecified atom stereocenters. The summed E-state index contributed by atoms with van der Waals surface area (Å²) >= 11 is 6.38. The van der Waals surface area contributed by atoms with E-state index in [1.165, 1.54) is 38.0 Å². The Hall–Kier alpha value is -5.23. The maximum Gasteiger partial charge on any atom is 0.352 e. The highest BCUT2D eigenvalue weighted by atomic mass is 35.5. The number of benzene rings is 3. The van der Waals surface area contributed by atoms with Crippen molar-refractivity contribution in [3.05, 3.63) is 137 Å². The number of aromatic nitrogens is 6. The van der Waals surface area contributed by atoms with E-state index < -0.39 is 34.8 Å². The lowest BCUT2D eigenvalue weighted by atomic mass is 9.90. The van der Waals surface area contributed by atoms with Gasteiger partial charge in [-0.3, -0.25) is 0 Å². The first-order valence-electron chi connectivity index (χ1n) is 13.1. The Morgan fingerprint density at radius 3 is 1.95 bits per heavy atom. The zero-order valence-electron chi connectivity index (χ0n) is 22.1. The number of nitrogens with zero attached hydrogens (tertiary/aromatic N) is 6. The van der Waals surface area contributed by atoms with Crippen molar-refractivity contribution < 1.29 is 9.84 Å². The summed E-state index contributed by atoms with van der Waals surface area (Å²) in [6, 6.07) is 18.4. The van der Waals surface area contributed by atoms with Crippen molar-refractivity contribution in [2.75, 3.05) is 7.11 Å². The maximum absolute atomic E-state index is 14.0. The van der Waals surface area contributed by atoms with E-state index in [0.29, 0.717) is 22.5 Å². The quantitative estimate of drug-likeness (QED) is 0.321. The standard InChI is InChI=1S/C29H23ClN6O6/c1-42-23-15-17(14-21(30)25(23)37)24-20-12-13-31-26(38)33(18-8-4-2-5-9-18)28(40)35(31)22(20)16-32-27(39)34(29(41)36(24)32)19-10-6-3-7-11-19/h2-12,14-15,22,24,37H,13,16H2,1H3. The molecular weight excluding hydrogens is 564 g/mol. The van der Waals surface area contributed by atoms with Crippen LogP contribution in [0.25, 0.3) is 11.4 Å². The first kappa shape index (κ1) is 25.7. The summed E-state index contributed by atoms with van der Waals surface area (Å²) in [4.78, 5) is 55.2. The van der Waals surface area contributed by atoms with E-state index in [9.17, 15) is 24.3 Å². The number of rotatable bonds is 4. The van der Waals surface area contributed by atoms with Crippen molar-refractivity contribution in [3.63, 3.8) is 0 Å². The molecule has 2 aliphatic heterocycles. The average molecular weight is 587 g/mol. The van der Waals surface area contributed by atoms with Gasteiger partial charge in [-0.05, 0) is 47.5 Å². The van der Waals surface area contributed by atoms with Crippen LogP contribution >= 0.6 is 11.6 Å². The first-order valence-corrected chi connectivity index (χ1v) is 13.5. The summed E-state index contributed by atoms with van der Waals surface area (Å²) in [7, 11) is 1.37. The monoisotopic (exact) mass is 586 g/mol. The molecule has 0 bridgehead atoms. The maximum atomic E-state index is 14.0. The molecule has 1 N–H and O–H groups in total. The third-order valence-corrected chi connectivity index (χ3v) is 8.11. The number of methoxy groups -OCH3 is 1. The van der Waals surface area contributed by atoms with E-state index in [1.54, 1.807) is 66.7 Å². The van der Waals surface area contributed by atoms with Gasteiger partial charge in [0.2, 0.25) is 0 Å². The molecule has 0 aliphatic carbocycles. The van der Waals surface area contributed by atoms with E-state index in [-0.39, 0.29) is 29.6 Å². The number of phenolic OH excluding ortho intramolecular Hbond substituents is 1. The van der Waals surface area contributed by atoms with E-state index >= 15 is 0 Å². The van der Waals surface area contributed by atoms with Crippen LogP contribution in [0.2, 0.25) is 5.02 Å². The second-order valence-corrected chi connectivity index (χ2v) is 10.4. The van der Waals surface area contributed by atoms with Crippen molar-refractivity contribution in [1.82, 2.24) is 27.9 Å². The third-order valence-electron chi connectivity index (χ3n) is 7.82. The largest absolute Gasteiger partial charge is 0.503 e. The number of fused-ring (bicyclic) bond motifs is 4. The molecule has 42 heavy (non-hydrogen) atoms. The lowest BCUT2D eigenvalue weighted by molar-refractivity contribution is 0.245. The van der Waals surface area contributed by atoms with Gasteiger partial charge in [0.25, 0.3) is 0 Å². The SMILES string of the molecule is COc1cc(C2C3=CCn4c(=O)n(-c5ccccc5)c(=O)n4C3Cn3c(=O)n(-c4ccccc4)c(=O)n32)cc(Cl)c1O. The Labute approximate surface area is 241 Å². The van der Waals surface area contributed by atoms with Gasteiger partial charge < -0.3 is 9.84 Å². The van der Waals surface area contributed by atoms with Crippen molar-refractivity contribution in [2.24, 2.45) is 0 Å². The molecule has 0 fully saturated rings. The highest BCUT2D eigenvalue weighted by Gasteiger charge is 2.42. The van der Waals surface area contributed by atoms with Crippen LogP contribution in [0.5, 0.6) is 11.5 Å². The van der Waals surface area contributed by atoms with E-state index in [2.05, 4.69) is 0 Å². The van der Waals surface area contributed by atoms with Gasteiger partial charge in [0, 0.05) is 0 Å². The van der Waals surface area contributed by atoms with Gasteiger partial charge in [0.05, 0.1) is 42.6 Å². The molecule has 7 rings (SSSR count). The van der Waals surface area contributed by atoms with Crippen molar-refractivity contribution in [2.45, 2.75) is 25.2 Å². The summed E-state index contributed by atoms with van der Waals surface area (Å²) in [5, 5.41) is 10.4. The van der Waals surface area contributed by atoms with Crippen LogP contribution in [-0.4, -0.2) is 40.1 Å². The Balaban J connectivity index is 1.51. The normalized spacial score (nSPS) is 17.2. The molecule has 0 saturated heterocycles. The van der Waals surface area contributed by atoms with Gasteiger partial charge in [0.15, 0.2) is 11.5 Å². The summed E-state index contributed by atoms with van der Waals surface area (Å²) in [5.74, 6) is -0.200. The molecule has 2 aromatic heterocycles. The molecule has 13 heteroatoms. The molecule has 0 spiro atoms. The number of hydrogen-bond acceptors (Lipinski definition) is 6. The lowest BCUT2D eigenvalue weighted by Crippen LogP contribution is -2.46. The van der Waals surface area contributed by atoms with E-state index in [4.69, 9.17) is 16.3 Å². The predicted molar refractivity (Wildman–Crippen MR) is 154 cm³/mol. The van der Waals surface area contributed by atoms with Gasteiger partial charge in [-0.1, -0.05) is 54.1 Å². The number of aromatic hydroxyl groups is 1. The summed E-state index contributed by atoms with van der Waals surface area (Å²) < 4.78 is 12.8. The highest BCUT2D eigenvalue weighted by Crippen LogP contribution is 2.43. The molecular formula is C29H23ClN6O6. The minimum Gasteiger partial charge on any atom is -0.503 e. The number of para-hydroxylation sites is 2. The first-order chi connectivity index (χ1) is 20.3. The predicted octanol–water partition coefficient (Wildman–Crippen LogP) is 2.07. The Morgan fingerprint density at radius 1 is 0.786 bits per heavy atom. The highest BCUT2D eigenvalue weighted by molar-refractivity contribution is 6.32. The Kier molecular flexibility index (Phi) is 5.77. The summed E-state index contributed by atoms with van der Waals surface area (Å²) in [5.41, 5.74) is -0.467. The topological polar surface area (TPSA) is 127 Å². The molecule has 5 aromatic rings. The Bertz CT molecular complexity index is 2150. The summed E-state index contributed by atoms with van der Waals surface area (Å²) in [6.07, 6.45) is 1.79.